The van der Waals surface area contributed by atoms with Crippen LogP contribution < -0.4 is 5.32 Å². The average Bonchev–Trinajstić information content (AvgIpc) is 1.89. The fraction of sp³-hybridized carbons (Fsp3) is 1.00. The summed E-state index contributed by atoms with van der Waals surface area (Å²) < 4.78 is 16.3. The van der Waals surface area contributed by atoms with Gasteiger partial charge in [0.25, 0.3) is 0 Å². The van der Waals surface area contributed by atoms with Crippen molar-refractivity contribution in [2.75, 3.05) is 33.5 Å². The summed E-state index contributed by atoms with van der Waals surface area (Å²) in [5.74, 6) is 0. The minimum Gasteiger partial charge on any atom is -0.383 e. The number of hydrogen-bond donors (Lipinski definition) is 1. The molecule has 0 rings (SSSR count). The number of hydrogen-bond acceptors (Lipinski definition) is 2. The quantitative estimate of drug-likeness (QED) is 0.469. The highest BCUT2D eigenvalue weighted by molar-refractivity contribution is 6.20. The molecular formula is C6H13ClFNO. The fourth-order valence-corrected chi connectivity index (χ4v) is 0.800. The van der Waals surface area contributed by atoms with E-state index in [1.807, 2.05) is 0 Å². The highest BCUT2D eigenvalue weighted by Gasteiger charge is 2.01. The number of rotatable bonds is 6. The Morgan fingerprint density at radius 1 is 1.70 bits per heavy atom. The lowest BCUT2D eigenvalue weighted by molar-refractivity contribution is 0.196. The predicted octanol–water partition coefficient (Wildman–Crippen LogP) is 0.799. The number of alkyl halides is 2. The molecule has 10 heavy (non-hydrogen) atoms. The molecule has 0 amide bonds. The summed E-state index contributed by atoms with van der Waals surface area (Å²) in [6.07, 6.45) is 0. The third-order valence-electron chi connectivity index (χ3n) is 0.985. The fourth-order valence-electron chi connectivity index (χ4n) is 0.565. The van der Waals surface area contributed by atoms with Crippen LogP contribution in [0.1, 0.15) is 0 Å². The second kappa shape index (κ2) is 7.25. The SMILES string of the molecule is COCC(Cl)CNCCF. The van der Waals surface area contributed by atoms with Gasteiger partial charge in [0.05, 0.1) is 12.0 Å². The Morgan fingerprint density at radius 2 is 2.40 bits per heavy atom. The highest BCUT2D eigenvalue weighted by atomic mass is 35.5. The topological polar surface area (TPSA) is 21.3 Å². The van der Waals surface area contributed by atoms with Gasteiger partial charge >= 0.3 is 0 Å². The zero-order valence-corrected chi connectivity index (χ0v) is 6.83. The summed E-state index contributed by atoms with van der Waals surface area (Å²) in [7, 11) is 1.59. The maximum atomic E-state index is 11.5. The summed E-state index contributed by atoms with van der Waals surface area (Å²) in [6, 6.07) is 0. The first-order chi connectivity index (χ1) is 4.81. The molecule has 1 unspecified atom stereocenters. The van der Waals surface area contributed by atoms with E-state index < -0.39 is 0 Å². The first-order valence-electron chi connectivity index (χ1n) is 3.21. The standard InChI is InChI=1S/C6H13ClFNO/c1-10-5-6(7)4-9-3-2-8/h6,9H,2-5H2,1H3. The molecule has 0 saturated carbocycles. The molecule has 62 valence electrons. The zero-order chi connectivity index (χ0) is 7.82. The van der Waals surface area contributed by atoms with Crippen molar-refractivity contribution in [3.8, 4) is 0 Å². The van der Waals surface area contributed by atoms with Gasteiger partial charge in [-0.25, -0.2) is 4.39 Å². The van der Waals surface area contributed by atoms with E-state index in [9.17, 15) is 4.39 Å². The lowest BCUT2D eigenvalue weighted by Gasteiger charge is -2.07. The molecule has 2 nitrogen and oxygen atoms in total. The lowest BCUT2D eigenvalue weighted by Crippen LogP contribution is -2.27. The van der Waals surface area contributed by atoms with Crippen molar-refractivity contribution in [3.05, 3.63) is 0 Å². The van der Waals surface area contributed by atoms with Gasteiger partial charge in [0.15, 0.2) is 0 Å². The van der Waals surface area contributed by atoms with Gasteiger partial charge in [0.2, 0.25) is 0 Å². The normalized spacial score (nSPS) is 13.5. The predicted molar refractivity (Wildman–Crippen MR) is 40.4 cm³/mol. The molecule has 0 aromatic heterocycles. The first-order valence-corrected chi connectivity index (χ1v) is 3.64. The van der Waals surface area contributed by atoms with Crippen LogP contribution in [0.5, 0.6) is 0 Å². The largest absolute Gasteiger partial charge is 0.383 e. The Morgan fingerprint density at radius 3 is 2.90 bits per heavy atom. The van der Waals surface area contributed by atoms with E-state index in [0.717, 1.165) is 0 Å². The van der Waals surface area contributed by atoms with Gasteiger partial charge in [-0.05, 0) is 0 Å². The number of nitrogens with one attached hydrogen (secondary N) is 1. The van der Waals surface area contributed by atoms with E-state index in [4.69, 9.17) is 16.3 Å². The Bertz CT molecular complexity index is 74.8. The van der Waals surface area contributed by atoms with Gasteiger partial charge < -0.3 is 10.1 Å². The summed E-state index contributed by atoms with van der Waals surface area (Å²) >= 11 is 5.71. The van der Waals surface area contributed by atoms with E-state index in [1.54, 1.807) is 7.11 Å². The van der Waals surface area contributed by atoms with Gasteiger partial charge in [0.1, 0.15) is 6.67 Å². The molecule has 0 bridgehead atoms. The van der Waals surface area contributed by atoms with Gasteiger partial charge in [-0.1, -0.05) is 0 Å². The molecule has 0 aromatic carbocycles. The minimum atomic E-state index is -0.351. The summed E-state index contributed by atoms with van der Waals surface area (Å²) in [5.41, 5.74) is 0. The maximum Gasteiger partial charge on any atom is 0.102 e. The molecule has 0 heterocycles. The molecule has 0 saturated heterocycles. The van der Waals surface area contributed by atoms with Crippen molar-refractivity contribution in [2.24, 2.45) is 0 Å². The second-order valence-corrected chi connectivity index (χ2v) is 2.56. The molecule has 1 atom stereocenters. The highest BCUT2D eigenvalue weighted by Crippen LogP contribution is 1.92. The molecule has 4 heteroatoms. The van der Waals surface area contributed by atoms with E-state index in [-0.39, 0.29) is 12.1 Å². The van der Waals surface area contributed by atoms with Crippen molar-refractivity contribution >= 4 is 11.6 Å². The third-order valence-corrected chi connectivity index (χ3v) is 1.26. The third kappa shape index (κ3) is 6.26. The summed E-state index contributed by atoms with van der Waals surface area (Å²) in [5, 5.41) is 2.77. The van der Waals surface area contributed by atoms with Crippen LogP contribution in [0.15, 0.2) is 0 Å². The van der Waals surface area contributed by atoms with Gasteiger partial charge in [0, 0.05) is 20.2 Å². The molecule has 1 N–H and O–H groups in total. The molecule has 0 fully saturated rings. The molecule has 0 aliphatic heterocycles. The van der Waals surface area contributed by atoms with Crippen molar-refractivity contribution in [2.45, 2.75) is 5.38 Å². The van der Waals surface area contributed by atoms with Gasteiger partial charge in [-0.2, -0.15) is 0 Å². The van der Waals surface area contributed by atoms with Crippen LogP contribution >= 0.6 is 11.6 Å². The Labute approximate surface area is 65.7 Å². The summed E-state index contributed by atoms with van der Waals surface area (Å²) in [4.78, 5) is 0. The van der Waals surface area contributed by atoms with Crippen molar-refractivity contribution in [1.29, 1.82) is 0 Å². The van der Waals surface area contributed by atoms with Crippen LogP contribution in [0.3, 0.4) is 0 Å². The average molecular weight is 170 g/mol. The molecule has 0 radical (unpaired) electrons. The van der Waals surface area contributed by atoms with Crippen molar-refractivity contribution in [1.82, 2.24) is 5.32 Å². The maximum absolute atomic E-state index is 11.5. The van der Waals surface area contributed by atoms with Crippen LogP contribution in [-0.2, 0) is 4.74 Å². The number of ether oxygens (including phenoxy) is 1. The monoisotopic (exact) mass is 169 g/mol. The molecule has 0 aliphatic carbocycles. The van der Waals surface area contributed by atoms with Crippen LogP contribution in [0.25, 0.3) is 0 Å². The van der Waals surface area contributed by atoms with Crippen LogP contribution in [-0.4, -0.2) is 38.9 Å². The zero-order valence-electron chi connectivity index (χ0n) is 6.07. The molecule has 0 aromatic rings. The molecule has 0 spiro atoms. The Balaban J connectivity index is 2.97. The van der Waals surface area contributed by atoms with Gasteiger partial charge in [-0.15, -0.1) is 11.6 Å². The van der Waals surface area contributed by atoms with E-state index in [2.05, 4.69) is 5.32 Å². The van der Waals surface area contributed by atoms with E-state index >= 15 is 0 Å². The Hall–Kier alpha value is 0.140. The number of methoxy groups -OCH3 is 1. The second-order valence-electron chi connectivity index (χ2n) is 1.95. The van der Waals surface area contributed by atoms with E-state index in [0.29, 0.717) is 19.7 Å². The lowest BCUT2D eigenvalue weighted by atomic mass is 10.4. The van der Waals surface area contributed by atoms with Crippen molar-refractivity contribution < 1.29 is 9.13 Å². The van der Waals surface area contributed by atoms with Crippen LogP contribution in [0.4, 0.5) is 4.39 Å². The smallest absolute Gasteiger partial charge is 0.102 e. The van der Waals surface area contributed by atoms with E-state index in [1.165, 1.54) is 0 Å². The molecular weight excluding hydrogens is 157 g/mol. The number of halogens is 2. The minimum absolute atomic E-state index is 0.0588. The van der Waals surface area contributed by atoms with Crippen LogP contribution in [0, 0.1) is 0 Å². The first kappa shape index (κ1) is 10.1. The Kier molecular flexibility index (Phi) is 7.35. The van der Waals surface area contributed by atoms with Crippen molar-refractivity contribution in [3.63, 3.8) is 0 Å². The van der Waals surface area contributed by atoms with Crippen LogP contribution in [0.2, 0.25) is 0 Å². The summed E-state index contributed by atoms with van der Waals surface area (Å²) in [6.45, 7) is 1.11. The van der Waals surface area contributed by atoms with Gasteiger partial charge in [-0.3, -0.25) is 0 Å². The molecule has 0 aliphatic rings.